The third kappa shape index (κ3) is 5.33. The van der Waals surface area contributed by atoms with E-state index in [1.165, 1.54) is 11.1 Å². The van der Waals surface area contributed by atoms with Gasteiger partial charge in [0.2, 0.25) is 0 Å². The van der Waals surface area contributed by atoms with Crippen LogP contribution in [0.3, 0.4) is 0 Å². The summed E-state index contributed by atoms with van der Waals surface area (Å²) in [5.41, 5.74) is 16.6. The summed E-state index contributed by atoms with van der Waals surface area (Å²) in [4.78, 5) is 15.9. The van der Waals surface area contributed by atoms with E-state index in [9.17, 15) is 10.1 Å². The number of nitrogens with zero attached hydrogens (tertiary/aromatic N) is 2. The Balaban J connectivity index is 1.62. The van der Waals surface area contributed by atoms with Crippen LogP contribution in [-0.2, 0) is 16.3 Å². The van der Waals surface area contributed by atoms with E-state index in [4.69, 9.17) is 5.73 Å². The van der Waals surface area contributed by atoms with Crippen LogP contribution >= 0.6 is 11.8 Å². The number of hydrogen-bond acceptors (Lipinski definition) is 5. The fourth-order valence-electron chi connectivity index (χ4n) is 6.08. The number of hydrogen-bond donors (Lipinski definition) is 1. The summed E-state index contributed by atoms with van der Waals surface area (Å²) in [7, 11) is 0. The Morgan fingerprint density at radius 1 is 0.975 bits per heavy atom. The molecule has 3 aromatic rings. The first-order chi connectivity index (χ1) is 19.1. The molecule has 0 radical (unpaired) electrons. The van der Waals surface area contributed by atoms with Crippen LogP contribution in [0.15, 0.2) is 89.4 Å². The lowest BCUT2D eigenvalue weighted by Gasteiger charge is -2.44. The summed E-state index contributed by atoms with van der Waals surface area (Å²) in [5, 5.41) is 10.5. The maximum atomic E-state index is 14.0. The van der Waals surface area contributed by atoms with Crippen LogP contribution in [0.4, 0.5) is 5.69 Å². The van der Waals surface area contributed by atoms with Crippen LogP contribution < -0.4 is 10.6 Å². The van der Waals surface area contributed by atoms with Gasteiger partial charge in [0.1, 0.15) is 5.82 Å². The maximum Gasteiger partial charge on any atom is 0.162 e. The normalized spacial score (nSPS) is 18.6. The first kappa shape index (κ1) is 27.8. The van der Waals surface area contributed by atoms with E-state index in [-0.39, 0.29) is 11.2 Å². The Labute approximate surface area is 242 Å². The number of benzene rings is 3. The number of carbonyl (C=O) groups is 1. The van der Waals surface area contributed by atoms with Crippen LogP contribution in [0.25, 0.3) is 0 Å². The zero-order valence-corrected chi connectivity index (χ0v) is 24.9. The second-order valence-electron chi connectivity index (χ2n) is 11.9. The first-order valence-corrected chi connectivity index (χ1v) is 15.0. The number of Topliss-reactive ketones (excluding diaryl/α,β-unsaturated/α-hetero) is 1. The number of aryl methyl sites for hydroxylation is 2. The molecule has 0 aromatic heterocycles. The van der Waals surface area contributed by atoms with Gasteiger partial charge in [-0.15, -0.1) is 0 Å². The molecular weight excluding hydrogens is 510 g/mol. The standard InChI is InChI=1S/C35H37N3OS/c1-22-11-13-27(14-12-22)38-30-17-35(4,5)18-31(39)33(30)32(29(19-36)34(38)37)28-16-23(2)15-26(24(28)3)21-40-20-25-9-7-6-8-10-25/h6-16,32H,17-18,20-21,37H2,1-5H3. The van der Waals surface area contributed by atoms with E-state index in [1.54, 1.807) is 0 Å². The molecule has 1 heterocycles. The number of carbonyl (C=O) groups excluding carboxylic acids is 1. The van der Waals surface area contributed by atoms with Crippen molar-refractivity contribution in [1.29, 1.82) is 5.26 Å². The lowest BCUT2D eigenvalue weighted by atomic mass is 9.68. The molecule has 0 bridgehead atoms. The SMILES string of the molecule is Cc1ccc(N2C(N)=C(C#N)C(c3cc(C)cc(CSCc4ccccc4)c3C)C3=C2CC(C)(C)CC3=O)cc1. The minimum absolute atomic E-state index is 0.106. The lowest BCUT2D eigenvalue weighted by Crippen LogP contribution is -2.42. The minimum Gasteiger partial charge on any atom is -0.384 e. The molecule has 0 saturated carbocycles. The summed E-state index contributed by atoms with van der Waals surface area (Å²) in [6.07, 6.45) is 1.16. The number of ketones is 1. The van der Waals surface area contributed by atoms with Crippen LogP contribution in [0.5, 0.6) is 0 Å². The molecule has 1 atom stereocenters. The van der Waals surface area contributed by atoms with Crippen molar-refractivity contribution in [2.45, 2.75) is 64.9 Å². The zero-order chi connectivity index (χ0) is 28.6. The van der Waals surface area contributed by atoms with Crippen molar-refractivity contribution in [1.82, 2.24) is 0 Å². The van der Waals surface area contributed by atoms with Crippen molar-refractivity contribution in [2.24, 2.45) is 11.1 Å². The molecule has 2 N–H and O–H groups in total. The van der Waals surface area contributed by atoms with Crippen molar-refractivity contribution in [3.05, 3.63) is 123 Å². The number of anilines is 1. The molecule has 0 amide bonds. The van der Waals surface area contributed by atoms with Gasteiger partial charge in [0.25, 0.3) is 0 Å². The number of thioether (sulfide) groups is 1. The third-order valence-electron chi connectivity index (χ3n) is 8.05. The minimum atomic E-state index is -0.469. The average molecular weight is 548 g/mol. The molecule has 0 spiro atoms. The average Bonchev–Trinajstić information content (AvgIpc) is 2.90. The van der Waals surface area contributed by atoms with E-state index in [2.05, 4.69) is 70.2 Å². The fourth-order valence-corrected chi connectivity index (χ4v) is 7.13. The molecule has 5 heteroatoms. The van der Waals surface area contributed by atoms with Crippen molar-refractivity contribution in [3.63, 3.8) is 0 Å². The maximum absolute atomic E-state index is 14.0. The van der Waals surface area contributed by atoms with Gasteiger partial charge < -0.3 is 5.73 Å². The second kappa shape index (κ2) is 11.0. The van der Waals surface area contributed by atoms with Crippen molar-refractivity contribution < 1.29 is 4.79 Å². The largest absolute Gasteiger partial charge is 0.384 e. The summed E-state index contributed by atoms with van der Waals surface area (Å²) in [6, 6.07) is 25.4. The molecule has 1 aliphatic carbocycles. The Kier molecular flexibility index (Phi) is 7.66. The highest BCUT2D eigenvalue weighted by atomic mass is 32.2. The van der Waals surface area contributed by atoms with Crippen LogP contribution in [0.1, 0.15) is 66.0 Å². The quantitative estimate of drug-likeness (QED) is 0.339. The van der Waals surface area contributed by atoms with Crippen molar-refractivity contribution in [2.75, 3.05) is 4.90 Å². The molecule has 0 saturated heterocycles. The molecule has 1 unspecified atom stereocenters. The molecule has 5 rings (SSSR count). The van der Waals surface area contributed by atoms with Crippen molar-refractivity contribution >= 4 is 23.2 Å². The number of allylic oxidation sites excluding steroid dienone is 3. The highest BCUT2D eigenvalue weighted by molar-refractivity contribution is 7.97. The second-order valence-corrected chi connectivity index (χ2v) is 12.9. The Bertz CT molecular complexity index is 1560. The van der Waals surface area contributed by atoms with Gasteiger partial charge in [-0.25, -0.2) is 0 Å². The molecule has 1 aliphatic heterocycles. The molecule has 4 nitrogen and oxygen atoms in total. The predicted molar refractivity (Wildman–Crippen MR) is 166 cm³/mol. The molecule has 2 aliphatic rings. The highest BCUT2D eigenvalue weighted by Gasteiger charge is 2.45. The van der Waals surface area contributed by atoms with Gasteiger partial charge in [-0.2, -0.15) is 17.0 Å². The van der Waals surface area contributed by atoms with Gasteiger partial charge in [-0.3, -0.25) is 9.69 Å². The molecule has 3 aromatic carbocycles. The lowest BCUT2D eigenvalue weighted by molar-refractivity contribution is -0.118. The van der Waals surface area contributed by atoms with Crippen molar-refractivity contribution in [3.8, 4) is 6.07 Å². The van der Waals surface area contributed by atoms with E-state index in [0.29, 0.717) is 24.2 Å². The monoisotopic (exact) mass is 547 g/mol. The topological polar surface area (TPSA) is 70.1 Å². The molecule has 40 heavy (non-hydrogen) atoms. The zero-order valence-electron chi connectivity index (χ0n) is 24.0. The van der Waals surface area contributed by atoms with Gasteiger partial charge in [0.15, 0.2) is 5.78 Å². The number of nitrogens with two attached hydrogens (primary N) is 1. The fraction of sp³-hybridized carbons (Fsp3) is 0.314. The molecular formula is C35H37N3OS. The smallest absolute Gasteiger partial charge is 0.162 e. The first-order valence-electron chi connectivity index (χ1n) is 13.8. The van der Waals surface area contributed by atoms with E-state index in [1.807, 2.05) is 53.9 Å². The predicted octanol–water partition coefficient (Wildman–Crippen LogP) is 7.99. The van der Waals surface area contributed by atoms with Crippen LogP contribution in [-0.4, -0.2) is 5.78 Å². The summed E-state index contributed by atoms with van der Waals surface area (Å²) >= 11 is 1.88. The Hall–Kier alpha value is -3.75. The highest BCUT2D eigenvalue weighted by Crippen LogP contribution is 2.51. The number of rotatable bonds is 6. The van der Waals surface area contributed by atoms with E-state index >= 15 is 0 Å². The Morgan fingerprint density at radius 2 is 1.68 bits per heavy atom. The summed E-state index contributed by atoms with van der Waals surface area (Å²) in [6.45, 7) is 10.5. The van der Waals surface area contributed by atoms with Gasteiger partial charge >= 0.3 is 0 Å². The number of nitriles is 1. The van der Waals surface area contributed by atoms with Gasteiger partial charge in [-0.1, -0.05) is 79.6 Å². The van der Waals surface area contributed by atoms with E-state index < -0.39 is 5.92 Å². The third-order valence-corrected chi connectivity index (χ3v) is 9.11. The van der Waals surface area contributed by atoms with Gasteiger partial charge in [0.05, 0.1) is 17.6 Å². The summed E-state index contributed by atoms with van der Waals surface area (Å²) in [5.74, 6) is 1.84. The van der Waals surface area contributed by atoms with Crippen LogP contribution in [0.2, 0.25) is 0 Å². The van der Waals surface area contributed by atoms with E-state index in [0.717, 1.165) is 50.7 Å². The summed E-state index contributed by atoms with van der Waals surface area (Å²) < 4.78 is 0. The molecule has 0 fully saturated rings. The van der Waals surface area contributed by atoms with Gasteiger partial charge in [0, 0.05) is 34.9 Å². The van der Waals surface area contributed by atoms with Gasteiger partial charge in [-0.05, 0) is 67.0 Å². The molecule has 204 valence electrons. The Morgan fingerprint density at radius 3 is 2.35 bits per heavy atom. The van der Waals surface area contributed by atoms with Crippen LogP contribution in [0, 0.1) is 37.5 Å².